The summed E-state index contributed by atoms with van der Waals surface area (Å²) in [5.41, 5.74) is 10.7. The molecule has 2 rings (SSSR count). The molecule has 0 atom stereocenters. The van der Waals surface area contributed by atoms with Crippen LogP contribution < -0.4 is 0 Å². The molecule has 0 aliphatic carbocycles. The number of aliphatic imine (C=N–C) groups is 2. The van der Waals surface area contributed by atoms with E-state index in [2.05, 4.69) is 77.9 Å². The van der Waals surface area contributed by atoms with Gasteiger partial charge < -0.3 is 0 Å². The van der Waals surface area contributed by atoms with E-state index in [-0.39, 0.29) is 16.5 Å². The standard InChI is InChI=1S/C45H74N2.Ni/c1-7-13-15-17-19-20-21-23-25-31-45(47-43-35-33-39(27-10-4)41(37-43)29-12-6)44(30-24-22-18-16-14-8-2)46-42-34-32-38(26-9-3)40(36-42)28-11-5;/h32-37H,7-31H2,1-6H3;/b46-44+,47-45+;. The SMILES string of the molecule is CCCCCCCCCCCC(=N\c1ccc(CCC)c(CCC)c1)/C(CCCCCCCC)=N/c1ccc(CCC)c(CCC)c1.[Ni]. The summed E-state index contributed by atoms with van der Waals surface area (Å²) in [4.78, 5) is 11.0. The summed E-state index contributed by atoms with van der Waals surface area (Å²) < 4.78 is 0. The van der Waals surface area contributed by atoms with Gasteiger partial charge in [-0.1, -0.05) is 163 Å². The van der Waals surface area contributed by atoms with Gasteiger partial charge in [-0.2, -0.15) is 0 Å². The van der Waals surface area contributed by atoms with Crippen molar-refractivity contribution >= 4 is 22.8 Å². The first kappa shape index (κ1) is 44.3. The van der Waals surface area contributed by atoms with E-state index in [9.17, 15) is 0 Å². The second-order valence-electron chi connectivity index (χ2n) is 14.1. The van der Waals surface area contributed by atoms with E-state index in [4.69, 9.17) is 9.98 Å². The molecule has 0 amide bonds. The quantitative estimate of drug-likeness (QED) is 0.0479. The van der Waals surface area contributed by atoms with Gasteiger partial charge in [0.1, 0.15) is 0 Å². The second kappa shape index (κ2) is 29.0. The molecule has 0 aliphatic heterocycles. The summed E-state index contributed by atoms with van der Waals surface area (Å²) in [6.45, 7) is 13.8. The Labute approximate surface area is 308 Å². The Hall–Kier alpha value is -1.73. The number of benzene rings is 2. The van der Waals surface area contributed by atoms with Crippen LogP contribution in [0.1, 0.15) is 199 Å². The van der Waals surface area contributed by atoms with Crippen molar-refractivity contribution in [1.82, 2.24) is 0 Å². The van der Waals surface area contributed by atoms with Gasteiger partial charge in [-0.3, -0.25) is 9.98 Å². The van der Waals surface area contributed by atoms with Gasteiger partial charge in [0.2, 0.25) is 0 Å². The maximum absolute atomic E-state index is 5.49. The zero-order valence-electron chi connectivity index (χ0n) is 32.4. The van der Waals surface area contributed by atoms with Crippen molar-refractivity contribution in [3.8, 4) is 0 Å². The van der Waals surface area contributed by atoms with Crippen LogP contribution in [0.5, 0.6) is 0 Å². The number of nitrogens with zero attached hydrogens (tertiary/aromatic N) is 2. The molecule has 2 aromatic rings. The van der Waals surface area contributed by atoms with Gasteiger partial charge in [-0.25, -0.2) is 0 Å². The van der Waals surface area contributed by atoms with E-state index in [0.717, 1.165) is 49.9 Å². The molecule has 0 heterocycles. The van der Waals surface area contributed by atoms with Crippen LogP contribution in [0.4, 0.5) is 11.4 Å². The second-order valence-corrected chi connectivity index (χ2v) is 14.1. The average Bonchev–Trinajstić information content (AvgIpc) is 3.07. The maximum Gasteiger partial charge on any atom is 0.0636 e. The normalized spacial score (nSPS) is 12.0. The Balaban J connectivity index is 0.0000115. The molecular formula is C45H74N2Ni. The molecule has 48 heavy (non-hydrogen) atoms. The molecule has 0 saturated carbocycles. The Kier molecular flexibility index (Phi) is 26.8. The number of rotatable bonds is 28. The molecule has 0 spiro atoms. The van der Waals surface area contributed by atoms with Gasteiger partial charge in [0.05, 0.1) is 22.8 Å². The van der Waals surface area contributed by atoms with Crippen LogP contribution >= 0.6 is 0 Å². The smallest absolute Gasteiger partial charge is 0.0636 e. The molecule has 0 aliphatic rings. The van der Waals surface area contributed by atoms with Gasteiger partial charge in [0.25, 0.3) is 0 Å². The molecule has 0 bridgehead atoms. The molecule has 0 N–H and O–H groups in total. The van der Waals surface area contributed by atoms with E-state index in [0.29, 0.717) is 0 Å². The first-order chi connectivity index (χ1) is 23.1. The summed E-state index contributed by atoms with van der Waals surface area (Å²) in [6.07, 6.45) is 31.3. The largest absolute Gasteiger partial charge is 0.252 e. The van der Waals surface area contributed by atoms with E-state index in [1.165, 1.54) is 156 Å². The summed E-state index contributed by atoms with van der Waals surface area (Å²) in [7, 11) is 0. The van der Waals surface area contributed by atoms with Gasteiger partial charge in [-0.05, 0) is 97.9 Å². The summed E-state index contributed by atoms with van der Waals surface area (Å²) in [5.74, 6) is 0. The summed E-state index contributed by atoms with van der Waals surface area (Å²) in [5, 5.41) is 0. The summed E-state index contributed by atoms with van der Waals surface area (Å²) >= 11 is 0. The maximum atomic E-state index is 5.49. The molecule has 2 nitrogen and oxygen atoms in total. The predicted molar refractivity (Wildman–Crippen MR) is 213 cm³/mol. The fourth-order valence-corrected chi connectivity index (χ4v) is 6.91. The molecular weight excluding hydrogens is 627 g/mol. The van der Waals surface area contributed by atoms with E-state index < -0.39 is 0 Å². The monoisotopic (exact) mass is 701 g/mol. The van der Waals surface area contributed by atoms with E-state index in [1.807, 2.05) is 0 Å². The third-order valence-electron chi connectivity index (χ3n) is 9.60. The molecule has 0 fully saturated rings. The minimum absolute atomic E-state index is 0. The van der Waals surface area contributed by atoms with Crippen molar-refractivity contribution in [2.75, 3.05) is 0 Å². The van der Waals surface area contributed by atoms with Gasteiger partial charge >= 0.3 is 0 Å². The van der Waals surface area contributed by atoms with Crippen molar-refractivity contribution in [3.63, 3.8) is 0 Å². The fourth-order valence-electron chi connectivity index (χ4n) is 6.91. The number of hydrogen-bond donors (Lipinski definition) is 0. The Morgan fingerprint density at radius 1 is 0.375 bits per heavy atom. The average molecular weight is 702 g/mol. The van der Waals surface area contributed by atoms with Crippen LogP contribution in [0.2, 0.25) is 0 Å². The molecule has 2 aromatic carbocycles. The fraction of sp³-hybridized carbons (Fsp3) is 0.689. The Morgan fingerprint density at radius 2 is 0.688 bits per heavy atom. The third kappa shape index (κ3) is 18.3. The van der Waals surface area contributed by atoms with Gasteiger partial charge in [-0.15, -0.1) is 0 Å². The first-order valence-corrected chi connectivity index (χ1v) is 20.5. The van der Waals surface area contributed by atoms with Crippen LogP contribution in [0, 0.1) is 0 Å². The number of hydrogen-bond acceptors (Lipinski definition) is 2. The summed E-state index contributed by atoms with van der Waals surface area (Å²) in [6, 6.07) is 14.1. The van der Waals surface area contributed by atoms with Crippen molar-refractivity contribution in [3.05, 3.63) is 58.7 Å². The molecule has 0 aromatic heterocycles. The van der Waals surface area contributed by atoms with Crippen LogP contribution in [-0.4, -0.2) is 11.4 Å². The van der Waals surface area contributed by atoms with E-state index in [1.54, 1.807) is 0 Å². The van der Waals surface area contributed by atoms with Crippen LogP contribution in [0.25, 0.3) is 0 Å². The third-order valence-corrected chi connectivity index (χ3v) is 9.60. The first-order valence-electron chi connectivity index (χ1n) is 20.5. The Bertz CT molecular complexity index is 1150. The van der Waals surface area contributed by atoms with Crippen molar-refractivity contribution < 1.29 is 16.5 Å². The van der Waals surface area contributed by atoms with Crippen LogP contribution in [-0.2, 0) is 42.2 Å². The molecule has 3 heteroatoms. The Morgan fingerprint density at radius 3 is 1.02 bits per heavy atom. The van der Waals surface area contributed by atoms with Crippen LogP contribution in [0.3, 0.4) is 0 Å². The zero-order chi connectivity index (χ0) is 34.0. The topological polar surface area (TPSA) is 24.7 Å². The van der Waals surface area contributed by atoms with Gasteiger partial charge in [0.15, 0.2) is 0 Å². The number of unbranched alkanes of at least 4 members (excludes halogenated alkanes) is 13. The predicted octanol–water partition coefficient (Wildman–Crippen LogP) is 15.0. The van der Waals surface area contributed by atoms with Crippen molar-refractivity contribution in [1.29, 1.82) is 0 Å². The molecule has 0 saturated heterocycles. The minimum atomic E-state index is 0. The molecule has 0 unspecified atom stereocenters. The van der Waals surface area contributed by atoms with Gasteiger partial charge in [0, 0.05) is 16.5 Å². The van der Waals surface area contributed by atoms with Crippen molar-refractivity contribution in [2.45, 2.75) is 202 Å². The zero-order valence-corrected chi connectivity index (χ0v) is 33.3. The van der Waals surface area contributed by atoms with Crippen molar-refractivity contribution in [2.24, 2.45) is 9.98 Å². The molecule has 0 radical (unpaired) electrons. The molecule has 274 valence electrons. The number of aryl methyl sites for hydroxylation is 4. The van der Waals surface area contributed by atoms with Crippen LogP contribution in [0.15, 0.2) is 46.4 Å². The van der Waals surface area contributed by atoms with E-state index >= 15 is 0 Å². The minimum Gasteiger partial charge on any atom is -0.252 e.